The zero-order valence-corrected chi connectivity index (χ0v) is 13.8. The van der Waals surface area contributed by atoms with Crippen molar-refractivity contribution < 1.29 is 8.42 Å². The summed E-state index contributed by atoms with van der Waals surface area (Å²) in [4.78, 5) is 11.3. The summed E-state index contributed by atoms with van der Waals surface area (Å²) in [6, 6.07) is 12.5. The smallest absolute Gasteiger partial charge is 0.277 e. The van der Waals surface area contributed by atoms with E-state index in [0.29, 0.717) is 16.7 Å². The summed E-state index contributed by atoms with van der Waals surface area (Å²) in [5.41, 5.74) is 2.03. The van der Waals surface area contributed by atoms with Gasteiger partial charge in [0.05, 0.1) is 23.3 Å². The Kier molecular flexibility index (Phi) is 4.14. The van der Waals surface area contributed by atoms with E-state index in [1.807, 2.05) is 38.1 Å². The molecular formula is C16H18N4O2S. The second-order valence-electron chi connectivity index (χ2n) is 5.52. The average molecular weight is 330 g/mol. The number of hydrogen-bond acceptors (Lipinski definition) is 4. The summed E-state index contributed by atoms with van der Waals surface area (Å²) in [7, 11) is -3.73. The predicted octanol–water partition coefficient (Wildman–Crippen LogP) is 2.56. The van der Waals surface area contributed by atoms with Crippen molar-refractivity contribution in [2.75, 3.05) is 0 Å². The Morgan fingerprint density at radius 3 is 2.52 bits per heavy atom. The van der Waals surface area contributed by atoms with Crippen LogP contribution in [0.3, 0.4) is 0 Å². The van der Waals surface area contributed by atoms with Crippen LogP contribution in [0.4, 0.5) is 0 Å². The van der Waals surface area contributed by atoms with Crippen LogP contribution >= 0.6 is 0 Å². The lowest BCUT2D eigenvalue weighted by molar-refractivity contribution is 0.342. The molecule has 23 heavy (non-hydrogen) atoms. The number of aromatic nitrogens is 3. The zero-order valence-electron chi connectivity index (χ0n) is 13.0. The third-order valence-corrected chi connectivity index (χ3v) is 5.39. The van der Waals surface area contributed by atoms with Gasteiger partial charge in [-0.2, -0.15) is 4.31 Å². The number of imidazole rings is 1. The van der Waals surface area contributed by atoms with Crippen molar-refractivity contribution in [2.45, 2.75) is 31.6 Å². The van der Waals surface area contributed by atoms with Gasteiger partial charge >= 0.3 is 0 Å². The number of fused-ring (bicyclic) bond motifs is 1. The van der Waals surface area contributed by atoms with E-state index >= 15 is 0 Å². The molecule has 0 saturated carbocycles. The molecule has 2 aromatic heterocycles. The molecule has 7 heteroatoms. The lowest BCUT2D eigenvalue weighted by Gasteiger charge is -2.24. The fourth-order valence-electron chi connectivity index (χ4n) is 2.36. The van der Waals surface area contributed by atoms with E-state index in [4.69, 9.17) is 0 Å². The van der Waals surface area contributed by atoms with Gasteiger partial charge in [-0.05, 0) is 38.1 Å². The molecule has 3 aromatic rings. The fraction of sp³-hybridized carbons (Fsp3) is 0.250. The van der Waals surface area contributed by atoms with Crippen molar-refractivity contribution in [3.63, 3.8) is 0 Å². The number of aromatic amines is 1. The van der Waals surface area contributed by atoms with Crippen LogP contribution in [0.1, 0.15) is 19.5 Å². The third kappa shape index (κ3) is 3.11. The number of benzene rings is 1. The van der Waals surface area contributed by atoms with Crippen molar-refractivity contribution in [1.82, 2.24) is 19.3 Å². The number of H-pyrrole nitrogens is 1. The highest BCUT2D eigenvalue weighted by molar-refractivity contribution is 7.89. The summed E-state index contributed by atoms with van der Waals surface area (Å²) in [6.45, 7) is 3.88. The first-order chi connectivity index (χ1) is 11.0. The molecule has 0 saturated heterocycles. The maximum Gasteiger partial charge on any atom is 0.277 e. The number of sulfonamides is 1. The first kappa shape index (κ1) is 15.6. The van der Waals surface area contributed by atoms with Crippen LogP contribution in [0.25, 0.3) is 11.0 Å². The molecule has 0 bridgehead atoms. The Morgan fingerprint density at radius 1 is 1.13 bits per heavy atom. The van der Waals surface area contributed by atoms with Gasteiger partial charge in [0.25, 0.3) is 10.0 Å². The molecule has 0 unspecified atom stereocenters. The average Bonchev–Trinajstić information content (AvgIpc) is 2.98. The molecule has 2 heterocycles. The maximum atomic E-state index is 13.0. The van der Waals surface area contributed by atoms with Crippen LogP contribution in [0.2, 0.25) is 0 Å². The van der Waals surface area contributed by atoms with Crippen molar-refractivity contribution in [3.8, 4) is 0 Å². The van der Waals surface area contributed by atoms with E-state index in [-0.39, 0.29) is 17.7 Å². The van der Waals surface area contributed by atoms with Crippen LogP contribution in [-0.4, -0.2) is 33.7 Å². The normalized spacial score (nSPS) is 12.3. The maximum absolute atomic E-state index is 13.0. The van der Waals surface area contributed by atoms with E-state index in [1.54, 1.807) is 24.4 Å². The van der Waals surface area contributed by atoms with Crippen molar-refractivity contribution >= 4 is 21.1 Å². The minimum atomic E-state index is -3.73. The van der Waals surface area contributed by atoms with E-state index in [0.717, 1.165) is 0 Å². The molecule has 0 aliphatic carbocycles. The van der Waals surface area contributed by atoms with Gasteiger partial charge in [-0.1, -0.05) is 18.2 Å². The zero-order chi connectivity index (χ0) is 16.4. The minimum Gasteiger partial charge on any atom is -0.328 e. The molecule has 0 spiro atoms. The number of para-hydroxylation sites is 2. The number of rotatable bonds is 5. The second-order valence-corrected chi connectivity index (χ2v) is 7.33. The van der Waals surface area contributed by atoms with E-state index in [2.05, 4.69) is 15.0 Å². The third-order valence-electron chi connectivity index (χ3n) is 3.54. The van der Waals surface area contributed by atoms with Gasteiger partial charge < -0.3 is 4.98 Å². The van der Waals surface area contributed by atoms with Gasteiger partial charge in [0.2, 0.25) is 5.16 Å². The largest absolute Gasteiger partial charge is 0.328 e. The summed E-state index contributed by atoms with van der Waals surface area (Å²) in [6.07, 6.45) is 1.65. The molecule has 0 fully saturated rings. The van der Waals surface area contributed by atoms with Gasteiger partial charge in [0, 0.05) is 12.2 Å². The Morgan fingerprint density at radius 2 is 1.87 bits per heavy atom. The second kappa shape index (κ2) is 6.10. The van der Waals surface area contributed by atoms with Crippen LogP contribution < -0.4 is 0 Å². The molecule has 120 valence electrons. The molecule has 6 nitrogen and oxygen atoms in total. The SMILES string of the molecule is CC(C)N(Cc1ccccn1)S(=O)(=O)c1nc2ccccc2[nH]1. The predicted molar refractivity (Wildman–Crippen MR) is 88.2 cm³/mol. The highest BCUT2D eigenvalue weighted by Crippen LogP contribution is 2.21. The van der Waals surface area contributed by atoms with Crippen molar-refractivity contribution in [3.05, 3.63) is 54.4 Å². The molecule has 0 aliphatic rings. The molecule has 0 amide bonds. The number of nitrogens with zero attached hydrogens (tertiary/aromatic N) is 3. The Hall–Kier alpha value is -2.25. The van der Waals surface area contributed by atoms with Crippen molar-refractivity contribution in [1.29, 1.82) is 0 Å². The van der Waals surface area contributed by atoms with E-state index in [9.17, 15) is 8.42 Å². The van der Waals surface area contributed by atoms with Crippen LogP contribution in [0.15, 0.2) is 53.8 Å². The minimum absolute atomic E-state index is 0.0386. The van der Waals surface area contributed by atoms with Crippen molar-refractivity contribution in [2.24, 2.45) is 0 Å². The summed E-state index contributed by atoms with van der Waals surface area (Å²) in [5.74, 6) is 0. The van der Waals surface area contributed by atoms with E-state index < -0.39 is 10.0 Å². The van der Waals surface area contributed by atoms with Gasteiger partial charge in [0.1, 0.15) is 0 Å². The highest BCUT2D eigenvalue weighted by atomic mass is 32.2. The first-order valence-corrected chi connectivity index (χ1v) is 8.79. The first-order valence-electron chi connectivity index (χ1n) is 7.35. The van der Waals surface area contributed by atoms with E-state index in [1.165, 1.54) is 4.31 Å². The number of nitrogens with one attached hydrogen (secondary N) is 1. The molecule has 1 N–H and O–H groups in total. The lowest BCUT2D eigenvalue weighted by atomic mass is 10.3. The molecule has 0 atom stereocenters. The molecule has 1 aromatic carbocycles. The topological polar surface area (TPSA) is 79.0 Å². The monoisotopic (exact) mass is 330 g/mol. The quantitative estimate of drug-likeness (QED) is 0.780. The number of pyridine rings is 1. The van der Waals surface area contributed by atoms with Crippen LogP contribution in [0.5, 0.6) is 0 Å². The summed E-state index contributed by atoms with van der Waals surface area (Å²) < 4.78 is 27.3. The summed E-state index contributed by atoms with van der Waals surface area (Å²) >= 11 is 0. The van der Waals surface area contributed by atoms with Gasteiger partial charge in [0.15, 0.2) is 0 Å². The van der Waals surface area contributed by atoms with Crippen LogP contribution in [-0.2, 0) is 16.6 Å². The summed E-state index contributed by atoms with van der Waals surface area (Å²) in [5, 5.41) is -0.0386. The fourth-order valence-corrected chi connectivity index (χ4v) is 3.89. The van der Waals surface area contributed by atoms with Crippen LogP contribution in [0, 0.1) is 0 Å². The molecular weight excluding hydrogens is 312 g/mol. The molecule has 0 radical (unpaired) electrons. The standard InChI is InChI=1S/C16H18N4O2S/c1-12(2)20(11-13-7-5-6-10-17-13)23(21,22)16-18-14-8-3-4-9-15(14)19-16/h3-10,12H,11H2,1-2H3,(H,18,19). The molecule has 3 rings (SSSR count). The number of hydrogen-bond donors (Lipinski definition) is 1. The van der Waals surface area contributed by atoms with Gasteiger partial charge in [-0.15, -0.1) is 0 Å². The van der Waals surface area contributed by atoms with Gasteiger partial charge in [-0.25, -0.2) is 13.4 Å². The molecule has 0 aliphatic heterocycles. The Bertz CT molecular complexity index is 871. The van der Waals surface area contributed by atoms with Gasteiger partial charge in [-0.3, -0.25) is 4.98 Å². The highest BCUT2D eigenvalue weighted by Gasteiger charge is 2.30. The Labute approximate surface area is 135 Å². The Balaban J connectivity index is 2.00. The lowest BCUT2D eigenvalue weighted by Crippen LogP contribution is -2.37.